The first kappa shape index (κ1) is 21.0. The van der Waals surface area contributed by atoms with Crippen LogP contribution in [-0.4, -0.2) is 64.6 Å². The first-order chi connectivity index (χ1) is 15.8. The maximum absolute atomic E-state index is 12.6. The third-order valence-electron chi connectivity index (χ3n) is 6.17. The molecule has 3 aromatic rings. The monoisotopic (exact) mass is 448 g/mol. The van der Waals surface area contributed by atoms with Crippen molar-refractivity contribution in [3.8, 4) is 0 Å². The second-order valence-corrected chi connectivity index (χ2v) is 9.26. The Morgan fingerprint density at radius 2 is 2.00 bits per heavy atom. The molecular formula is C24H28N6OS. The fraction of sp³-hybridized carbons (Fsp3) is 0.375. The van der Waals surface area contributed by atoms with Gasteiger partial charge in [-0.15, -0.1) is 11.8 Å². The Bertz CT molecular complexity index is 1030. The number of fused-ring (bicyclic) bond motifs is 1. The van der Waals surface area contributed by atoms with Crippen molar-refractivity contribution in [2.45, 2.75) is 17.5 Å². The zero-order valence-corrected chi connectivity index (χ0v) is 18.9. The van der Waals surface area contributed by atoms with Crippen LogP contribution >= 0.6 is 11.8 Å². The number of nitrogens with one attached hydrogen (secondary N) is 1. The Kier molecular flexibility index (Phi) is 6.41. The first-order valence-corrected chi connectivity index (χ1v) is 12.2. The fourth-order valence-corrected chi connectivity index (χ4v) is 5.76. The maximum atomic E-state index is 12.6. The van der Waals surface area contributed by atoms with E-state index < -0.39 is 0 Å². The summed E-state index contributed by atoms with van der Waals surface area (Å²) in [6.45, 7) is 5.49. The smallest absolute Gasteiger partial charge is 0.224 e. The van der Waals surface area contributed by atoms with Crippen LogP contribution in [0.3, 0.4) is 0 Å². The molecule has 2 aliphatic rings. The highest BCUT2D eigenvalue weighted by molar-refractivity contribution is 7.99. The number of anilines is 1. The number of thioether (sulfide) groups is 1. The normalized spacial score (nSPS) is 18.5. The van der Waals surface area contributed by atoms with Crippen molar-refractivity contribution in [1.29, 1.82) is 0 Å². The van der Waals surface area contributed by atoms with Crippen LogP contribution in [0, 0.1) is 0 Å². The summed E-state index contributed by atoms with van der Waals surface area (Å²) in [6, 6.07) is 12.2. The zero-order valence-electron chi connectivity index (χ0n) is 18.1. The van der Waals surface area contributed by atoms with Crippen LogP contribution in [0.25, 0.3) is 0 Å². The largest absolute Gasteiger partial charge is 0.355 e. The quantitative estimate of drug-likeness (QED) is 0.599. The minimum absolute atomic E-state index is 0.0981. The molecule has 1 fully saturated rings. The number of carbonyl (C=O) groups excluding carboxylic acids is 1. The van der Waals surface area contributed by atoms with Crippen molar-refractivity contribution in [2.75, 3.05) is 44.2 Å². The van der Waals surface area contributed by atoms with Crippen molar-refractivity contribution in [3.63, 3.8) is 0 Å². The van der Waals surface area contributed by atoms with Gasteiger partial charge < -0.3 is 14.8 Å². The van der Waals surface area contributed by atoms with E-state index in [2.05, 4.69) is 54.0 Å². The molecule has 1 atom stereocenters. The van der Waals surface area contributed by atoms with Crippen molar-refractivity contribution in [2.24, 2.45) is 0 Å². The molecule has 1 saturated heterocycles. The van der Waals surface area contributed by atoms with Gasteiger partial charge in [0, 0.05) is 81.1 Å². The number of nitrogens with zero attached hydrogens (tertiary/aromatic N) is 5. The van der Waals surface area contributed by atoms with E-state index in [-0.39, 0.29) is 11.3 Å². The molecule has 32 heavy (non-hydrogen) atoms. The minimum Gasteiger partial charge on any atom is -0.355 e. The highest BCUT2D eigenvalue weighted by Crippen LogP contribution is 2.41. The van der Waals surface area contributed by atoms with Gasteiger partial charge in [-0.25, -0.2) is 4.98 Å². The van der Waals surface area contributed by atoms with E-state index in [1.807, 2.05) is 42.4 Å². The number of hydrogen-bond donors (Lipinski definition) is 1. The third-order valence-corrected chi connectivity index (χ3v) is 7.42. The lowest BCUT2D eigenvalue weighted by Gasteiger charge is -2.35. The topological polar surface area (TPSA) is 66.3 Å². The van der Waals surface area contributed by atoms with E-state index in [4.69, 9.17) is 0 Å². The molecule has 5 heterocycles. The second kappa shape index (κ2) is 9.75. The van der Waals surface area contributed by atoms with Crippen LogP contribution in [0.15, 0.2) is 61.2 Å². The minimum atomic E-state index is 0.0981. The molecule has 0 spiro atoms. The number of piperazine rings is 1. The van der Waals surface area contributed by atoms with Crippen molar-refractivity contribution >= 4 is 23.5 Å². The van der Waals surface area contributed by atoms with Gasteiger partial charge in [-0.1, -0.05) is 12.1 Å². The molecule has 8 heteroatoms. The summed E-state index contributed by atoms with van der Waals surface area (Å²) in [7, 11) is 0. The van der Waals surface area contributed by atoms with Gasteiger partial charge in [0.15, 0.2) is 0 Å². The number of rotatable bonds is 7. The number of aromatic nitrogens is 3. The fourth-order valence-electron chi connectivity index (χ4n) is 4.42. The molecule has 0 aliphatic carbocycles. The molecular weight excluding hydrogens is 420 g/mol. The molecule has 0 radical (unpaired) electrons. The molecule has 2 aliphatic heterocycles. The van der Waals surface area contributed by atoms with Gasteiger partial charge >= 0.3 is 0 Å². The summed E-state index contributed by atoms with van der Waals surface area (Å²) in [5.41, 5.74) is 3.58. The number of carbonyl (C=O) groups is 1. The van der Waals surface area contributed by atoms with Gasteiger partial charge in [-0.05, 0) is 29.8 Å². The van der Waals surface area contributed by atoms with Crippen LogP contribution in [-0.2, 0) is 17.0 Å². The van der Waals surface area contributed by atoms with Gasteiger partial charge in [-0.2, -0.15) is 0 Å². The van der Waals surface area contributed by atoms with Crippen molar-refractivity contribution < 1.29 is 4.79 Å². The second-order valence-electron chi connectivity index (χ2n) is 8.19. The maximum Gasteiger partial charge on any atom is 0.224 e. The summed E-state index contributed by atoms with van der Waals surface area (Å²) < 4.78 is 2.28. The van der Waals surface area contributed by atoms with Gasteiger partial charge in [0.1, 0.15) is 11.2 Å². The Balaban J connectivity index is 1.07. The SMILES string of the molecule is O=C(Cc1ccn2c1CSC2c1cccnc1)NCCN1CCN(c2ccccn2)CC1. The lowest BCUT2D eigenvalue weighted by Crippen LogP contribution is -2.48. The Labute approximate surface area is 192 Å². The molecule has 1 N–H and O–H groups in total. The van der Waals surface area contributed by atoms with Crippen molar-refractivity contribution in [1.82, 2.24) is 24.8 Å². The molecule has 0 bridgehead atoms. The summed E-state index contributed by atoms with van der Waals surface area (Å²) >= 11 is 1.88. The lowest BCUT2D eigenvalue weighted by atomic mass is 10.2. The first-order valence-electron chi connectivity index (χ1n) is 11.1. The Morgan fingerprint density at radius 3 is 2.78 bits per heavy atom. The van der Waals surface area contributed by atoms with Crippen LogP contribution in [0.4, 0.5) is 5.82 Å². The van der Waals surface area contributed by atoms with Crippen LogP contribution in [0.5, 0.6) is 0 Å². The highest BCUT2D eigenvalue weighted by atomic mass is 32.2. The van der Waals surface area contributed by atoms with Crippen LogP contribution in [0.2, 0.25) is 0 Å². The van der Waals surface area contributed by atoms with E-state index in [0.717, 1.165) is 49.9 Å². The molecule has 5 rings (SSSR count). The van der Waals surface area contributed by atoms with Gasteiger partial charge in [0.05, 0.1) is 6.42 Å². The third kappa shape index (κ3) is 4.66. The predicted molar refractivity (Wildman–Crippen MR) is 128 cm³/mol. The molecule has 0 saturated carbocycles. The van der Waals surface area contributed by atoms with Crippen molar-refractivity contribution in [3.05, 3.63) is 78.0 Å². The average Bonchev–Trinajstić information content (AvgIpc) is 3.44. The summed E-state index contributed by atoms with van der Waals surface area (Å²) in [5.74, 6) is 2.07. The molecule has 3 aromatic heterocycles. The lowest BCUT2D eigenvalue weighted by molar-refractivity contribution is -0.120. The molecule has 166 valence electrons. The zero-order chi connectivity index (χ0) is 21.8. The highest BCUT2D eigenvalue weighted by Gasteiger charge is 2.26. The number of amides is 1. The van der Waals surface area contributed by atoms with E-state index in [1.165, 1.54) is 11.3 Å². The number of pyridine rings is 2. The van der Waals surface area contributed by atoms with Crippen LogP contribution < -0.4 is 10.2 Å². The van der Waals surface area contributed by atoms with E-state index >= 15 is 0 Å². The Hall–Kier alpha value is -2.84. The van der Waals surface area contributed by atoms with E-state index in [0.29, 0.717) is 13.0 Å². The molecule has 7 nitrogen and oxygen atoms in total. The standard InChI is InChI=1S/C24H28N6OS/c31-23(27-9-11-28-12-14-29(15-13-28)22-5-1-2-8-26-22)16-19-6-10-30-21(19)18-32-24(30)20-4-3-7-25-17-20/h1-8,10,17,24H,9,11-16,18H2,(H,27,31). The molecule has 0 aromatic carbocycles. The summed E-state index contributed by atoms with van der Waals surface area (Å²) in [6.07, 6.45) is 8.12. The molecule has 1 amide bonds. The predicted octanol–water partition coefficient (Wildman–Crippen LogP) is 2.55. The van der Waals surface area contributed by atoms with Crippen LogP contribution in [0.1, 0.15) is 22.2 Å². The number of hydrogen-bond acceptors (Lipinski definition) is 6. The van der Waals surface area contributed by atoms with Gasteiger partial charge in [0.2, 0.25) is 5.91 Å². The summed E-state index contributed by atoms with van der Waals surface area (Å²) in [4.78, 5) is 26.0. The van der Waals surface area contributed by atoms with Gasteiger partial charge in [-0.3, -0.25) is 14.7 Å². The average molecular weight is 449 g/mol. The Morgan fingerprint density at radius 1 is 1.09 bits per heavy atom. The van der Waals surface area contributed by atoms with E-state index in [1.54, 1.807) is 6.20 Å². The van der Waals surface area contributed by atoms with Gasteiger partial charge in [0.25, 0.3) is 0 Å². The summed E-state index contributed by atoms with van der Waals surface area (Å²) in [5, 5.41) is 3.36. The molecule has 1 unspecified atom stereocenters. The van der Waals surface area contributed by atoms with E-state index in [9.17, 15) is 4.79 Å².